The summed E-state index contributed by atoms with van der Waals surface area (Å²) in [5.41, 5.74) is 14.7. The summed E-state index contributed by atoms with van der Waals surface area (Å²) in [6, 6.07) is 14.0. The molecule has 0 atom stereocenters. The molecular formula is C29H44N2. The largest absolute Gasteiger partial charge is 0.330 e. The maximum atomic E-state index is 5.93. The van der Waals surface area contributed by atoms with Crippen molar-refractivity contribution in [3.63, 3.8) is 0 Å². The van der Waals surface area contributed by atoms with Gasteiger partial charge in [0.2, 0.25) is 0 Å². The van der Waals surface area contributed by atoms with Crippen LogP contribution in [-0.2, 0) is 18.5 Å². The zero-order chi connectivity index (χ0) is 22.6. The maximum absolute atomic E-state index is 5.93. The molecule has 1 saturated carbocycles. The van der Waals surface area contributed by atoms with Gasteiger partial charge in [0.05, 0.1) is 0 Å². The Morgan fingerprint density at radius 1 is 0.839 bits per heavy atom. The van der Waals surface area contributed by atoms with Crippen LogP contribution in [0.3, 0.4) is 0 Å². The summed E-state index contributed by atoms with van der Waals surface area (Å²) in [6.45, 7) is 17.7. The second kappa shape index (κ2) is 10.3. The highest BCUT2D eigenvalue weighted by atomic mass is 15.1. The minimum atomic E-state index is 0.204. The molecular weight excluding hydrogens is 376 g/mol. The molecule has 0 amide bonds. The molecule has 2 aromatic carbocycles. The van der Waals surface area contributed by atoms with Gasteiger partial charge >= 0.3 is 0 Å². The van der Waals surface area contributed by atoms with Crippen LogP contribution in [0.4, 0.5) is 0 Å². The van der Waals surface area contributed by atoms with E-state index in [9.17, 15) is 0 Å². The molecule has 170 valence electrons. The fourth-order valence-corrected chi connectivity index (χ4v) is 5.25. The smallest absolute Gasteiger partial charge is 0.0242 e. The van der Waals surface area contributed by atoms with E-state index in [4.69, 9.17) is 5.73 Å². The number of hydrogen-bond acceptors (Lipinski definition) is 2. The molecule has 1 aliphatic carbocycles. The van der Waals surface area contributed by atoms with Crippen molar-refractivity contribution in [2.75, 3.05) is 13.1 Å². The normalized spacial score (nSPS) is 19.7. The molecule has 2 aromatic rings. The van der Waals surface area contributed by atoms with E-state index in [1.165, 1.54) is 65.6 Å². The average Bonchev–Trinajstić information content (AvgIpc) is 2.71. The van der Waals surface area contributed by atoms with Crippen molar-refractivity contribution in [1.82, 2.24) is 4.90 Å². The van der Waals surface area contributed by atoms with Crippen LogP contribution in [0.5, 0.6) is 0 Å². The van der Waals surface area contributed by atoms with Crippen LogP contribution in [0, 0.1) is 32.6 Å². The molecule has 1 aliphatic rings. The number of aryl methyl sites for hydroxylation is 3. The van der Waals surface area contributed by atoms with E-state index in [-0.39, 0.29) is 5.41 Å². The summed E-state index contributed by atoms with van der Waals surface area (Å²) < 4.78 is 0. The molecule has 2 heteroatoms. The minimum absolute atomic E-state index is 0.204. The summed E-state index contributed by atoms with van der Waals surface area (Å²) >= 11 is 0. The van der Waals surface area contributed by atoms with Crippen molar-refractivity contribution in [3.8, 4) is 0 Å². The Bertz CT molecular complexity index is 813. The van der Waals surface area contributed by atoms with Gasteiger partial charge in [-0.2, -0.15) is 0 Å². The lowest BCUT2D eigenvalue weighted by atomic mass is 9.81. The first kappa shape index (κ1) is 24.0. The third kappa shape index (κ3) is 6.67. The third-order valence-corrected chi connectivity index (χ3v) is 7.26. The van der Waals surface area contributed by atoms with Gasteiger partial charge in [0.25, 0.3) is 0 Å². The molecule has 0 heterocycles. The lowest BCUT2D eigenvalue weighted by molar-refractivity contribution is 0.169. The van der Waals surface area contributed by atoms with Gasteiger partial charge in [-0.15, -0.1) is 0 Å². The molecule has 0 saturated heterocycles. The zero-order valence-electron chi connectivity index (χ0n) is 20.8. The van der Waals surface area contributed by atoms with Crippen molar-refractivity contribution in [2.24, 2.45) is 17.6 Å². The van der Waals surface area contributed by atoms with Crippen LogP contribution in [0.25, 0.3) is 0 Å². The van der Waals surface area contributed by atoms with E-state index in [0.717, 1.165) is 31.5 Å². The fraction of sp³-hybridized carbons (Fsp3) is 0.586. The molecule has 0 radical (unpaired) electrons. The van der Waals surface area contributed by atoms with Crippen LogP contribution >= 0.6 is 0 Å². The fourth-order valence-electron chi connectivity index (χ4n) is 5.25. The maximum Gasteiger partial charge on any atom is 0.0242 e. The predicted molar refractivity (Wildman–Crippen MR) is 134 cm³/mol. The summed E-state index contributed by atoms with van der Waals surface area (Å²) in [7, 11) is 0. The highest BCUT2D eigenvalue weighted by molar-refractivity contribution is 5.37. The van der Waals surface area contributed by atoms with Crippen LogP contribution in [0.2, 0.25) is 0 Å². The second-order valence-electron chi connectivity index (χ2n) is 11.1. The number of rotatable bonds is 7. The van der Waals surface area contributed by atoms with Gasteiger partial charge in [-0.05, 0) is 98.1 Å². The Labute approximate surface area is 191 Å². The molecule has 0 aromatic heterocycles. The molecule has 3 rings (SSSR count). The van der Waals surface area contributed by atoms with Gasteiger partial charge in [-0.25, -0.2) is 0 Å². The average molecular weight is 421 g/mol. The highest BCUT2D eigenvalue weighted by Gasteiger charge is 2.23. The number of benzene rings is 2. The first-order chi connectivity index (χ1) is 14.7. The van der Waals surface area contributed by atoms with E-state index < -0.39 is 0 Å². The van der Waals surface area contributed by atoms with E-state index in [1.54, 1.807) is 0 Å². The van der Waals surface area contributed by atoms with Crippen molar-refractivity contribution in [1.29, 1.82) is 0 Å². The van der Waals surface area contributed by atoms with Gasteiger partial charge in [-0.1, -0.05) is 62.7 Å². The topological polar surface area (TPSA) is 29.3 Å². The zero-order valence-corrected chi connectivity index (χ0v) is 20.8. The number of hydrogen-bond donors (Lipinski definition) is 1. The molecule has 31 heavy (non-hydrogen) atoms. The van der Waals surface area contributed by atoms with Crippen molar-refractivity contribution < 1.29 is 0 Å². The van der Waals surface area contributed by atoms with Crippen molar-refractivity contribution in [3.05, 3.63) is 69.8 Å². The lowest BCUT2D eigenvalue weighted by Gasteiger charge is -2.33. The van der Waals surface area contributed by atoms with E-state index in [1.807, 2.05) is 0 Å². The lowest BCUT2D eigenvalue weighted by Crippen LogP contribution is -2.32. The van der Waals surface area contributed by atoms with Gasteiger partial charge < -0.3 is 5.73 Å². The Morgan fingerprint density at radius 2 is 1.39 bits per heavy atom. The second-order valence-corrected chi connectivity index (χ2v) is 11.1. The standard InChI is InChI=1S/C29H44N2/c1-21-15-22(2)28(23(3)16-21)20-31(18-25-9-7-24(17-30)8-10-25)19-26-11-13-27(14-12-26)29(4,5)6/h11-16,24-25H,7-10,17-20,30H2,1-6H3. The van der Waals surface area contributed by atoms with Gasteiger partial charge in [0, 0.05) is 19.6 Å². The van der Waals surface area contributed by atoms with Crippen LogP contribution in [0.15, 0.2) is 36.4 Å². The van der Waals surface area contributed by atoms with Gasteiger partial charge in [0.1, 0.15) is 0 Å². The summed E-state index contributed by atoms with van der Waals surface area (Å²) in [5.74, 6) is 1.54. The first-order valence-corrected chi connectivity index (χ1v) is 12.2. The van der Waals surface area contributed by atoms with E-state index in [2.05, 4.69) is 82.8 Å². The molecule has 2 nitrogen and oxygen atoms in total. The molecule has 0 spiro atoms. The number of nitrogens with two attached hydrogens (primary N) is 1. The highest BCUT2D eigenvalue weighted by Crippen LogP contribution is 2.30. The molecule has 0 aliphatic heterocycles. The molecule has 0 bridgehead atoms. The van der Waals surface area contributed by atoms with Gasteiger partial charge in [-0.3, -0.25) is 4.90 Å². The Morgan fingerprint density at radius 3 is 1.90 bits per heavy atom. The summed E-state index contributed by atoms with van der Waals surface area (Å²) in [4.78, 5) is 2.70. The first-order valence-electron chi connectivity index (χ1n) is 12.2. The van der Waals surface area contributed by atoms with Gasteiger partial charge in [0.15, 0.2) is 0 Å². The van der Waals surface area contributed by atoms with Crippen LogP contribution in [-0.4, -0.2) is 18.0 Å². The SMILES string of the molecule is Cc1cc(C)c(CN(Cc2ccc(C(C)(C)C)cc2)CC2CCC(CN)CC2)c(C)c1. The molecule has 2 N–H and O–H groups in total. The van der Waals surface area contributed by atoms with E-state index >= 15 is 0 Å². The Balaban J connectivity index is 1.77. The summed E-state index contributed by atoms with van der Waals surface area (Å²) in [5, 5.41) is 0. The predicted octanol–water partition coefficient (Wildman–Crippen LogP) is 6.68. The van der Waals surface area contributed by atoms with E-state index in [0.29, 0.717) is 0 Å². The van der Waals surface area contributed by atoms with Crippen molar-refractivity contribution >= 4 is 0 Å². The minimum Gasteiger partial charge on any atom is -0.330 e. The van der Waals surface area contributed by atoms with Crippen LogP contribution in [0.1, 0.15) is 79.8 Å². The Kier molecular flexibility index (Phi) is 7.99. The third-order valence-electron chi connectivity index (χ3n) is 7.26. The van der Waals surface area contributed by atoms with Crippen LogP contribution < -0.4 is 5.73 Å². The Hall–Kier alpha value is -1.64. The summed E-state index contributed by atoms with van der Waals surface area (Å²) in [6.07, 6.45) is 5.26. The molecule has 1 fully saturated rings. The monoisotopic (exact) mass is 420 g/mol. The van der Waals surface area contributed by atoms with Crippen molar-refractivity contribution in [2.45, 2.75) is 85.7 Å². The number of nitrogens with zero attached hydrogens (tertiary/aromatic N) is 1. The quantitative estimate of drug-likeness (QED) is 0.541. The molecule has 0 unspecified atom stereocenters.